The zero-order valence-electron chi connectivity index (χ0n) is 13.0. The summed E-state index contributed by atoms with van der Waals surface area (Å²) in [6.07, 6.45) is 0. The average Bonchev–Trinajstić information content (AvgIpc) is 3.27. The molecule has 0 spiro atoms. The molecular weight excluding hydrogens is 310 g/mol. The monoisotopic (exact) mass is 331 g/mol. The van der Waals surface area contributed by atoms with Gasteiger partial charge in [-0.05, 0) is 24.6 Å². The van der Waals surface area contributed by atoms with Crippen LogP contribution >= 0.6 is 0 Å². The molecule has 4 nitrogen and oxygen atoms in total. The maximum Gasteiger partial charge on any atom is 0.182 e. The van der Waals surface area contributed by atoms with E-state index in [4.69, 9.17) is 5.73 Å². The van der Waals surface area contributed by atoms with E-state index in [2.05, 4.69) is 0 Å². The molecule has 3 N–H and O–H groups in total. The normalized spacial score (nSPS) is 26.9. The Kier molecular flexibility index (Phi) is 4.04. The predicted octanol–water partition coefficient (Wildman–Crippen LogP) is 1.87. The molecule has 1 saturated carbocycles. The summed E-state index contributed by atoms with van der Waals surface area (Å²) < 4.78 is 26.1. The standard InChI is InChI=1S/C18H21NO3S/c1-13-7-9-15(10-8-13)23(21,22)17-16(18(17,11-19)12-20)14-5-3-2-4-6-14/h2-10,16-17,20H,11-12,19H2,1H3/t16-,17-,18-/m1/s1. The minimum Gasteiger partial charge on any atom is -0.396 e. The first-order chi connectivity index (χ1) is 11.0. The van der Waals surface area contributed by atoms with Crippen LogP contribution in [0.4, 0.5) is 0 Å². The number of hydrogen-bond donors (Lipinski definition) is 2. The summed E-state index contributed by atoms with van der Waals surface area (Å²) in [5.74, 6) is -0.273. The Morgan fingerprint density at radius 2 is 1.70 bits per heavy atom. The van der Waals surface area contributed by atoms with Gasteiger partial charge in [-0.3, -0.25) is 0 Å². The fraction of sp³-hybridized carbons (Fsp3) is 0.333. The van der Waals surface area contributed by atoms with Gasteiger partial charge < -0.3 is 10.8 Å². The number of nitrogens with two attached hydrogens (primary N) is 1. The van der Waals surface area contributed by atoms with Crippen molar-refractivity contribution in [3.63, 3.8) is 0 Å². The molecule has 23 heavy (non-hydrogen) atoms. The van der Waals surface area contributed by atoms with Gasteiger partial charge in [0, 0.05) is 17.9 Å². The van der Waals surface area contributed by atoms with Crippen molar-refractivity contribution in [2.45, 2.75) is 23.0 Å². The smallest absolute Gasteiger partial charge is 0.182 e. The van der Waals surface area contributed by atoms with Crippen molar-refractivity contribution in [2.75, 3.05) is 13.2 Å². The maximum atomic E-state index is 13.1. The third-order valence-corrected chi connectivity index (χ3v) is 7.24. The molecule has 0 aromatic heterocycles. The van der Waals surface area contributed by atoms with Crippen LogP contribution in [0.25, 0.3) is 0 Å². The molecular formula is C18H21NO3S. The molecule has 5 heteroatoms. The predicted molar refractivity (Wildman–Crippen MR) is 89.9 cm³/mol. The Hall–Kier alpha value is -1.69. The highest BCUT2D eigenvalue weighted by Crippen LogP contribution is 2.63. The van der Waals surface area contributed by atoms with Gasteiger partial charge in [0.2, 0.25) is 0 Å². The number of aliphatic hydroxyl groups excluding tert-OH is 1. The second-order valence-corrected chi connectivity index (χ2v) is 8.33. The highest BCUT2D eigenvalue weighted by Gasteiger charge is 2.70. The SMILES string of the molecule is Cc1ccc(S(=O)(=O)[C@@H]2[C@@H](c3ccccc3)[C@@]2(CN)CO)cc1. The van der Waals surface area contributed by atoms with E-state index in [-0.39, 0.29) is 24.0 Å². The molecule has 1 aliphatic rings. The van der Waals surface area contributed by atoms with Crippen molar-refractivity contribution in [2.24, 2.45) is 11.1 Å². The van der Waals surface area contributed by atoms with E-state index < -0.39 is 20.5 Å². The van der Waals surface area contributed by atoms with Crippen LogP contribution in [0.15, 0.2) is 59.5 Å². The average molecular weight is 331 g/mol. The van der Waals surface area contributed by atoms with Crippen LogP contribution in [-0.2, 0) is 9.84 Å². The Morgan fingerprint density at radius 1 is 1.09 bits per heavy atom. The van der Waals surface area contributed by atoms with E-state index in [1.165, 1.54) is 0 Å². The highest BCUT2D eigenvalue weighted by atomic mass is 32.2. The van der Waals surface area contributed by atoms with Crippen molar-refractivity contribution in [1.29, 1.82) is 0 Å². The summed E-state index contributed by atoms with van der Waals surface area (Å²) >= 11 is 0. The number of sulfone groups is 1. The molecule has 122 valence electrons. The summed E-state index contributed by atoms with van der Waals surface area (Å²) in [5, 5.41) is 9.18. The topological polar surface area (TPSA) is 80.4 Å². The molecule has 0 bridgehead atoms. The van der Waals surface area contributed by atoms with Crippen molar-refractivity contribution in [3.05, 3.63) is 65.7 Å². The van der Waals surface area contributed by atoms with Gasteiger partial charge in [0.1, 0.15) is 0 Å². The summed E-state index contributed by atoms with van der Waals surface area (Å²) in [6.45, 7) is 1.82. The van der Waals surface area contributed by atoms with Gasteiger partial charge in [-0.15, -0.1) is 0 Å². The van der Waals surface area contributed by atoms with Gasteiger partial charge in [0.25, 0.3) is 0 Å². The number of aliphatic hydroxyl groups is 1. The molecule has 2 aromatic carbocycles. The molecule has 2 aromatic rings. The van der Waals surface area contributed by atoms with Crippen LogP contribution in [0.3, 0.4) is 0 Å². The fourth-order valence-electron chi connectivity index (χ4n) is 3.48. The highest BCUT2D eigenvalue weighted by molar-refractivity contribution is 7.92. The second kappa shape index (κ2) is 5.74. The molecule has 1 aliphatic carbocycles. The maximum absolute atomic E-state index is 13.1. The fourth-order valence-corrected chi connectivity index (χ4v) is 5.93. The van der Waals surface area contributed by atoms with Gasteiger partial charge >= 0.3 is 0 Å². The van der Waals surface area contributed by atoms with E-state index in [0.29, 0.717) is 0 Å². The number of aryl methyl sites for hydroxylation is 1. The third kappa shape index (κ3) is 2.49. The molecule has 0 saturated heterocycles. The minimum atomic E-state index is -3.55. The number of rotatable bonds is 5. The molecule has 0 unspecified atom stereocenters. The van der Waals surface area contributed by atoms with Crippen molar-refractivity contribution in [3.8, 4) is 0 Å². The summed E-state index contributed by atoms with van der Waals surface area (Å²) in [7, 11) is -3.55. The van der Waals surface area contributed by atoms with E-state index >= 15 is 0 Å². The summed E-state index contributed by atoms with van der Waals surface area (Å²) in [5.41, 5.74) is 6.99. The molecule has 0 radical (unpaired) electrons. The Morgan fingerprint density at radius 3 is 2.22 bits per heavy atom. The lowest BCUT2D eigenvalue weighted by Crippen LogP contribution is -2.27. The largest absolute Gasteiger partial charge is 0.396 e. The number of hydrogen-bond acceptors (Lipinski definition) is 4. The lowest BCUT2D eigenvalue weighted by Gasteiger charge is -2.12. The summed E-state index contributed by atoms with van der Waals surface area (Å²) in [6, 6.07) is 16.3. The lowest BCUT2D eigenvalue weighted by molar-refractivity contribution is 0.212. The van der Waals surface area contributed by atoms with Gasteiger partial charge in [-0.1, -0.05) is 48.0 Å². The molecule has 0 amide bonds. The van der Waals surface area contributed by atoms with Crippen LogP contribution in [0.2, 0.25) is 0 Å². The number of benzene rings is 2. The van der Waals surface area contributed by atoms with E-state index in [9.17, 15) is 13.5 Å². The first-order valence-electron chi connectivity index (χ1n) is 7.64. The van der Waals surface area contributed by atoms with Gasteiger partial charge in [-0.25, -0.2) is 8.42 Å². The Balaban J connectivity index is 2.05. The quantitative estimate of drug-likeness (QED) is 0.876. The second-order valence-electron chi connectivity index (χ2n) is 6.26. The van der Waals surface area contributed by atoms with Crippen LogP contribution < -0.4 is 5.73 Å². The zero-order chi connectivity index (χ0) is 16.7. The minimum absolute atomic E-state index is 0.138. The zero-order valence-corrected chi connectivity index (χ0v) is 13.8. The van der Waals surface area contributed by atoms with E-state index in [1.807, 2.05) is 37.3 Å². The van der Waals surface area contributed by atoms with E-state index in [1.54, 1.807) is 24.3 Å². The Labute approximate surface area is 136 Å². The summed E-state index contributed by atoms with van der Waals surface area (Å²) in [4.78, 5) is 0.290. The van der Waals surface area contributed by atoms with Crippen molar-refractivity contribution in [1.82, 2.24) is 0 Å². The van der Waals surface area contributed by atoms with Crippen LogP contribution in [-0.4, -0.2) is 31.9 Å². The van der Waals surface area contributed by atoms with E-state index in [0.717, 1.165) is 11.1 Å². The van der Waals surface area contributed by atoms with Crippen molar-refractivity contribution < 1.29 is 13.5 Å². The molecule has 0 heterocycles. The van der Waals surface area contributed by atoms with Gasteiger partial charge in [0.15, 0.2) is 9.84 Å². The van der Waals surface area contributed by atoms with Gasteiger partial charge in [0.05, 0.1) is 16.8 Å². The first kappa shape index (κ1) is 16.2. The molecule has 0 aliphatic heterocycles. The van der Waals surface area contributed by atoms with Gasteiger partial charge in [-0.2, -0.15) is 0 Å². The van der Waals surface area contributed by atoms with Crippen LogP contribution in [0.1, 0.15) is 17.0 Å². The molecule has 3 atom stereocenters. The lowest BCUT2D eigenvalue weighted by atomic mass is 10.0. The molecule has 3 rings (SSSR count). The van der Waals surface area contributed by atoms with Crippen LogP contribution in [0.5, 0.6) is 0 Å². The Bertz CT molecular complexity index is 781. The van der Waals surface area contributed by atoms with Crippen LogP contribution in [0, 0.1) is 12.3 Å². The first-order valence-corrected chi connectivity index (χ1v) is 9.18. The molecule has 1 fully saturated rings. The third-order valence-electron chi connectivity index (χ3n) is 4.90. The van der Waals surface area contributed by atoms with Crippen molar-refractivity contribution >= 4 is 9.84 Å².